The maximum Gasteiger partial charge on any atom is 0.0347 e. The summed E-state index contributed by atoms with van der Waals surface area (Å²) in [6.07, 6.45) is 3.50. The summed E-state index contributed by atoms with van der Waals surface area (Å²) in [6.45, 7) is 7.59. The Bertz CT molecular complexity index is 386. The van der Waals surface area contributed by atoms with Gasteiger partial charge in [0.15, 0.2) is 0 Å². The molecule has 0 radical (unpaired) electrons. The van der Waals surface area contributed by atoms with Gasteiger partial charge in [-0.05, 0) is 45.0 Å². The summed E-state index contributed by atoms with van der Waals surface area (Å²) in [7, 11) is 0. The molecular weight excluding hydrogens is 306 g/mol. The van der Waals surface area contributed by atoms with Gasteiger partial charge in [0.25, 0.3) is 0 Å². The Morgan fingerprint density at radius 2 is 2.22 bits per heavy atom. The standard InChI is InChI=1S/C15H22BrNS/c1-4-8-17-14(9-12(2)3)11-18-15-7-5-6-13(16)10-15/h5-7,9-10,14,17H,4,8,11H2,1-3H3. The zero-order chi connectivity index (χ0) is 13.4. The van der Waals surface area contributed by atoms with Crippen molar-refractivity contribution in [3.05, 3.63) is 40.4 Å². The van der Waals surface area contributed by atoms with Gasteiger partial charge >= 0.3 is 0 Å². The molecule has 0 amide bonds. The van der Waals surface area contributed by atoms with Gasteiger partial charge in [-0.15, -0.1) is 11.8 Å². The number of nitrogens with one attached hydrogen (secondary N) is 1. The minimum Gasteiger partial charge on any atom is -0.310 e. The fourth-order valence-corrected chi connectivity index (χ4v) is 3.16. The summed E-state index contributed by atoms with van der Waals surface area (Å²) in [4.78, 5) is 1.31. The molecule has 0 heterocycles. The van der Waals surface area contributed by atoms with E-state index in [-0.39, 0.29) is 0 Å². The van der Waals surface area contributed by atoms with Crippen molar-refractivity contribution < 1.29 is 0 Å². The summed E-state index contributed by atoms with van der Waals surface area (Å²) in [5, 5.41) is 3.58. The Kier molecular flexibility index (Phi) is 7.71. The molecular formula is C15H22BrNS. The third kappa shape index (κ3) is 6.62. The van der Waals surface area contributed by atoms with Crippen molar-refractivity contribution in [2.75, 3.05) is 12.3 Å². The molecule has 1 atom stereocenters. The summed E-state index contributed by atoms with van der Waals surface area (Å²) in [5.74, 6) is 1.07. The average molecular weight is 328 g/mol. The number of hydrogen-bond donors (Lipinski definition) is 1. The molecule has 0 spiro atoms. The average Bonchev–Trinajstić information content (AvgIpc) is 2.32. The maximum absolute atomic E-state index is 3.58. The maximum atomic E-state index is 3.58. The second-order valence-electron chi connectivity index (χ2n) is 4.57. The van der Waals surface area contributed by atoms with Crippen molar-refractivity contribution >= 4 is 27.7 Å². The third-order valence-electron chi connectivity index (χ3n) is 2.42. The molecule has 1 aromatic carbocycles. The molecule has 0 aromatic heterocycles. The summed E-state index contributed by atoms with van der Waals surface area (Å²) in [5.41, 5.74) is 1.37. The molecule has 0 saturated carbocycles. The van der Waals surface area contributed by atoms with Gasteiger partial charge < -0.3 is 5.32 Å². The van der Waals surface area contributed by atoms with Gasteiger partial charge in [0, 0.05) is 21.2 Å². The molecule has 1 unspecified atom stereocenters. The van der Waals surface area contributed by atoms with E-state index in [1.165, 1.54) is 16.9 Å². The fraction of sp³-hybridized carbons (Fsp3) is 0.467. The van der Waals surface area contributed by atoms with Crippen LogP contribution in [0.3, 0.4) is 0 Å². The third-order valence-corrected chi connectivity index (χ3v) is 4.02. The van der Waals surface area contributed by atoms with Crippen LogP contribution in [0.25, 0.3) is 0 Å². The van der Waals surface area contributed by atoms with Crippen LogP contribution >= 0.6 is 27.7 Å². The van der Waals surface area contributed by atoms with Crippen LogP contribution in [0, 0.1) is 0 Å². The van der Waals surface area contributed by atoms with E-state index in [2.05, 4.69) is 72.4 Å². The number of benzene rings is 1. The molecule has 1 aromatic rings. The van der Waals surface area contributed by atoms with Crippen molar-refractivity contribution in [1.29, 1.82) is 0 Å². The number of allylic oxidation sites excluding steroid dienone is 1. The van der Waals surface area contributed by atoms with E-state index in [0.29, 0.717) is 6.04 Å². The Labute approximate surface area is 124 Å². The number of halogens is 1. The van der Waals surface area contributed by atoms with Gasteiger partial charge in [-0.2, -0.15) is 0 Å². The van der Waals surface area contributed by atoms with E-state index >= 15 is 0 Å². The quantitative estimate of drug-likeness (QED) is 0.566. The highest BCUT2D eigenvalue weighted by Crippen LogP contribution is 2.22. The SMILES string of the molecule is CCCNC(C=C(C)C)CSc1cccc(Br)c1. The van der Waals surface area contributed by atoms with Gasteiger partial charge in [0.05, 0.1) is 0 Å². The second-order valence-corrected chi connectivity index (χ2v) is 6.58. The second kappa shape index (κ2) is 8.78. The van der Waals surface area contributed by atoms with E-state index in [1.807, 2.05) is 11.8 Å². The Balaban J connectivity index is 2.53. The molecule has 1 nitrogen and oxygen atoms in total. The predicted molar refractivity (Wildman–Crippen MR) is 86.4 cm³/mol. The zero-order valence-corrected chi connectivity index (χ0v) is 13.8. The lowest BCUT2D eigenvalue weighted by Gasteiger charge is -2.15. The molecule has 0 aliphatic carbocycles. The lowest BCUT2D eigenvalue weighted by atomic mass is 10.2. The molecule has 0 bridgehead atoms. The highest BCUT2D eigenvalue weighted by atomic mass is 79.9. The van der Waals surface area contributed by atoms with Crippen molar-refractivity contribution in [3.8, 4) is 0 Å². The van der Waals surface area contributed by atoms with Gasteiger partial charge in [-0.25, -0.2) is 0 Å². The Morgan fingerprint density at radius 3 is 2.83 bits per heavy atom. The zero-order valence-electron chi connectivity index (χ0n) is 11.4. The largest absolute Gasteiger partial charge is 0.310 e. The number of hydrogen-bond acceptors (Lipinski definition) is 2. The van der Waals surface area contributed by atoms with Crippen molar-refractivity contribution in [2.24, 2.45) is 0 Å². The smallest absolute Gasteiger partial charge is 0.0347 e. The molecule has 0 aliphatic rings. The minimum atomic E-state index is 0.457. The van der Waals surface area contributed by atoms with Crippen molar-refractivity contribution in [1.82, 2.24) is 5.32 Å². The molecule has 100 valence electrons. The predicted octanol–water partition coefficient (Wildman–Crippen LogP) is 4.88. The van der Waals surface area contributed by atoms with E-state index < -0.39 is 0 Å². The fourth-order valence-electron chi connectivity index (χ4n) is 1.64. The van der Waals surface area contributed by atoms with E-state index in [9.17, 15) is 0 Å². The van der Waals surface area contributed by atoms with Crippen molar-refractivity contribution in [2.45, 2.75) is 38.1 Å². The van der Waals surface area contributed by atoms with Crippen LogP contribution < -0.4 is 5.32 Å². The van der Waals surface area contributed by atoms with Crippen LogP contribution in [0.2, 0.25) is 0 Å². The summed E-state index contributed by atoms with van der Waals surface area (Å²) in [6, 6.07) is 8.94. The van der Waals surface area contributed by atoms with Crippen LogP contribution in [0.15, 0.2) is 45.3 Å². The molecule has 3 heteroatoms. The van der Waals surface area contributed by atoms with Gasteiger partial charge in [0.1, 0.15) is 0 Å². The molecule has 18 heavy (non-hydrogen) atoms. The van der Waals surface area contributed by atoms with E-state index in [4.69, 9.17) is 0 Å². The van der Waals surface area contributed by atoms with Gasteiger partial charge in [0.2, 0.25) is 0 Å². The molecule has 0 aliphatic heterocycles. The monoisotopic (exact) mass is 327 g/mol. The van der Waals surface area contributed by atoms with Crippen LogP contribution in [0.1, 0.15) is 27.2 Å². The number of thioether (sulfide) groups is 1. The molecule has 0 fully saturated rings. The van der Waals surface area contributed by atoms with Gasteiger partial charge in [-0.1, -0.05) is 40.6 Å². The minimum absolute atomic E-state index is 0.457. The van der Waals surface area contributed by atoms with Crippen LogP contribution in [0.5, 0.6) is 0 Å². The van der Waals surface area contributed by atoms with Crippen LogP contribution in [-0.4, -0.2) is 18.3 Å². The lowest BCUT2D eigenvalue weighted by Crippen LogP contribution is -2.30. The highest BCUT2D eigenvalue weighted by molar-refractivity contribution is 9.10. The topological polar surface area (TPSA) is 12.0 Å². The van der Waals surface area contributed by atoms with Crippen LogP contribution in [-0.2, 0) is 0 Å². The summed E-state index contributed by atoms with van der Waals surface area (Å²) < 4.78 is 1.15. The molecule has 1 rings (SSSR count). The van der Waals surface area contributed by atoms with E-state index in [1.54, 1.807) is 0 Å². The van der Waals surface area contributed by atoms with Crippen molar-refractivity contribution in [3.63, 3.8) is 0 Å². The Hall–Kier alpha value is -0.250. The first-order valence-corrected chi connectivity index (χ1v) is 8.16. The molecule has 1 N–H and O–H groups in total. The first-order valence-electron chi connectivity index (χ1n) is 6.38. The van der Waals surface area contributed by atoms with Crippen LogP contribution in [0.4, 0.5) is 0 Å². The Morgan fingerprint density at radius 1 is 1.44 bits per heavy atom. The number of rotatable bonds is 7. The first-order chi connectivity index (χ1) is 8.61. The highest BCUT2D eigenvalue weighted by Gasteiger charge is 2.05. The normalized spacial score (nSPS) is 12.2. The first kappa shape index (κ1) is 15.8. The lowest BCUT2D eigenvalue weighted by molar-refractivity contribution is 0.627. The summed E-state index contributed by atoms with van der Waals surface area (Å²) >= 11 is 5.41. The van der Waals surface area contributed by atoms with E-state index in [0.717, 1.165) is 16.8 Å². The van der Waals surface area contributed by atoms with Gasteiger partial charge in [-0.3, -0.25) is 0 Å². The molecule has 0 saturated heterocycles.